The lowest BCUT2D eigenvalue weighted by atomic mass is 9.69. The van der Waals surface area contributed by atoms with Gasteiger partial charge in [-0.05, 0) is 164 Å². The Balaban J connectivity index is 0.000000390. The standard InChI is InChI=1S/C44H45N3O2.C9H8N2/c1-47(2)26-10-14-29-13-9-19-38-36(29)24-25-39-34-15-5-3-11-31(34)27-41(42(38)39)43(48)30-20-22-33(23-21-30)46-44(49)40-18-8-7-17-37(40)35-16-6-4-12-32(35)28-45;1-2-5-9-8(4-1)10-6-3-7-11-9/h3-8,11-12,15-18,20-25,29,41H,9-10,13-14,19,26-28,45H2,1-2H3,(H,46,49);1-7,10H. The average Bonchev–Trinajstić information content (AvgIpc) is 3.54. The number of rotatable bonds is 10. The van der Waals surface area contributed by atoms with E-state index in [-0.39, 0.29) is 17.6 Å². The molecule has 0 spiro atoms. The minimum atomic E-state index is -0.240. The van der Waals surface area contributed by atoms with Crippen LogP contribution >= 0.6 is 0 Å². The first kappa shape index (κ1) is 40.4. The van der Waals surface area contributed by atoms with E-state index in [4.69, 9.17) is 5.73 Å². The number of amides is 1. The van der Waals surface area contributed by atoms with Crippen LogP contribution in [-0.2, 0) is 19.4 Å². The molecule has 0 saturated heterocycles. The molecule has 0 fully saturated rings. The van der Waals surface area contributed by atoms with E-state index >= 15 is 0 Å². The number of para-hydroxylation sites is 2. The normalized spacial score (nSPS) is 15.9. The molecule has 0 saturated carbocycles. The van der Waals surface area contributed by atoms with Gasteiger partial charge in [0.2, 0.25) is 0 Å². The van der Waals surface area contributed by atoms with Gasteiger partial charge in [-0.3, -0.25) is 14.6 Å². The van der Waals surface area contributed by atoms with E-state index in [0.29, 0.717) is 35.7 Å². The number of nitrogens with zero attached hydrogens (tertiary/aromatic N) is 2. The lowest BCUT2D eigenvalue weighted by molar-refractivity contribution is 0.0957. The molecule has 3 aliphatic rings. The molecule has 9 rings (SSSR count). The van der Waals surface area contributed by atoms with E-state index < -0.39 is 0 Å². The molecule has 2 atom stereocenters. The van der Waals surface area contributed by atoms with Crippen molar-refractivity contribution in [2.45, 2.75) is 56.9 Å². The Morgan fingerprint density at radius 2 is 1.53 bits per heavy atom. The molecule has 1 heterocycles. The van der Waals surface area contributed by atoms with E-state index in [1.807, 2.05) is 109 Å². The number of hydrogen-bond donors (Lipinski definition) is 3. The first-order valence-electron chi connectivity index (χ1n) is 21.2. The van der Waals surface area contributed by atoms with Gasteiger partial charge < -0.3 is 21.3 Å². The Kier molecular flexibility index (Phi) is 12.6. The molecule has 302 valence electrons. The molecule has 6 aromatic carbocycles. The topological polar surface area (TPSA) is 99.8 Å². The van der Waals surface area contributed by atoms with E-state index in [1.165, 1.54) is 52.6 Å². The summed E-state index contributed by atoms with van der Waals surface area (Å²) in [5.74, 6) is 0.237. The van der Waals surface area contributed by atoms with Crippen LogP contribution < -0.4 is 16.4 Å². The summed E-state index contributed by atoms with van der Waals surface area (Å²) < 4.78 is 0. The number of Topliss-reactive ketones (excluding diaryl/α,β-unsaturated/α-hetero) is 1. The lowest BCUT2D eigenvalue weighted by Gasteiger charge is -2.35. The van der Waals surface area contributed by atoms with Gasteiger partial charge in [0.1, 0.15) is 0 Å². The fourth-order valence-corrected chi connectivity index (χ4v) is 9.12. The Hall–Kier alpha value is -6.41. The Morgan fingerprint density at radius 3 is 2.35 bits per heavy atom. The highest BCUT2D eigenvalue weighted by atomic mass is 16.1. The third-order valence-electron chi connectivity index (χ3n) is 12.0. The number of benzene rings is 6. The first-order valence-corrected chi connectivity index (χ1v) is 21.2. The molecule has 7 nitrogen and oxygen atoms in total. The van der Waals surface area contributed by atoms with Crippen LogP contribution in [0, 0.1) is 0 Å². The molecular weight excluding hydrogens is 739 g/mol. The molecule has 0 bridgehead atoms. The maximum absolute atomic E-state index is 14.5. The van der Waals surface area contributed by atoms with Crippen molar-refractivity contribution in [2.24, 2.45) is 10.7 Å². The Bertz CT molecular complexity index is 2550. The zero-order valence-corrected chi connectivity index (χ0v) is 34.5. The van der Waals surface area contributed by atoms with Gasteiger partial charge in [0.05, 0.1) is 17.3 Å². The van der Waals surface area contributed by atoms with Crippen molar-refractivity contribution >= 4 is 35.0 Å². The van der Waals surface area contributed by atoms with Crippen molar-refractivity contribution in [1.82, 2.24) is 4.90 Å². The van der Waals surface area contributed by atoms with Crippen molar-refractivity contribution < 1.29 is 9.59 Å². The number of nitrogens with one attached hydrogen (secondary N) is 2. The monoisotopic (exact) mass is 791 g/mol. The number of hydrogen-bond acceptors (Lipinski definition) is 6. The second kappa shape index (κ2) is 18.7. The molecule has 60 heavy (non-hydrogen) atoms. The Labute approximate surface area is 354 Å². The lowest BCUT2D eigenvalue weighted by Crippen LogP contribution is -2.24. The van der Waals surface area contributed by atoms with Crippen LogP contribution in [0.15, 0.2) is 151 Å². The van der Waals surface area contributed by atoms with Crippen LogP contribution in [-0.4, -0.2) is 43.4 Å². The van der Waals surface area contributed by atoms with Gasteiger partial charge in [-0.15, -0.1) is 0 Å². The summed E-state index contributed by atoms with van der Waals surface area (Å²) in [5, 5.41) is 6.18. The molecule has 1 aliphatic heterocycles. The van der Waals surface area contributed by atoms with Crippen LogP contribution in [0.2, 0.25) is 0 Å². The number of allylic oxidation sites excluding steroid dienone is 1. The van der Waals surface area contributed by atoms with Gasteiger partial charge in [-0.1, -0.05) is 91.0 Å². The third-order valence-corrected chi connectivity index (χ3v) is 12.0. The van der Waals surface area contributed by atoms with Gasteiger partial charge >= 0.3 is 0 Å². The van der Waals surface area contributed by atoms with E-state index in [0.717, 1.165) is 47.5 Å². The van der Waals surface area contributed by atoms with Gasteiger partial charge in [0.25, 0.3) is 5.91 Å². The van der Waals surface area contributed by atoms with E-state index in [9.17, 15) is 9.59 Å². The summed E-state index contributed by atoms with van der Waals surface area (Å²) in [6, 6.07) is 44.1. The minimum absolute atomic E-state index is 0.139. The number of ketones is 1. The van der Waals surface area contributed by atoms with Crippen molar-refractivity contribution in [3.8, 4) is 22.3 Å². The molecular formula is C53H53N5O2. The molecule has 6 aromatic rings. The summed E-state index contributed by atoms with van der Waals surface area (Å²) in [6.45, 7) is 1.48. The molecule has 7 heteroatoms. The van der Waals surface area contributed by atoms with Gasteiger partial charge in [-0.25, -0.2) is 0 Å². The maximum Gasteiger partial charge on any atom is 0.256 e. The minimum Gasteiger partial charge on any atom is -0.360 e. The third kappa shape index (κ3) is 8.79. The zero-order chi connectivity index (χ0) is 41.4. The van der Waals surface area contributed by atoms with Gasteiger partial charge in [0.15, 0.2) is 5.78 Å². The average molecular weight is 792 g/mol. The molecule has 0 aromatic heterocycles. The molecule has 2 aliphatic carbocycles. The number of carbonyl (C=O) groups is 2. The number of fused-ring (bicyclic) bond motifs is 6. The predicted octanol–water partition coefficient (Wildman–Crippen LogP) is 11.3. The highest BCUT2D eigenvalue weighted by Gasteiger charge is 2.35. The van der Waals surface area contributed by atoms with Crippen LogP contribution in [0.3, 0.4) is 0 Å². The van der Waals surface area contributed by atoms with Crippen LogP contribution in [0.5, 0.6) is 0 Å². The Morgan fingerprint density at radius 1 is 0.800 bits per heavy atom. The second-order valence-electron chi connectivity index (χ2n) is 16.1. The van der Waals surface area contributed by atoms with Crippen molar-refractivity contribution in [2.75, 3.05) is 31.3 Å². The second-order valence-corrected chi connectivity index (χ2v) is 16.1. The molecule has 2 unspecified atom stereocenters. The summed E-state index contributed by atoms with van der Waals surface area (Å²) in [7, 11) is 4.28. The summed E-state index contributed by atoms with van der Waals surface area (Å²) in [6.07, 6.45) is 12.0. The van der Waals surface area contributed by atoms with Crippen LogP contribution in [0.1, 0.15) is 86.1 Å². The molecule has 1 amide bonds. The SMILES string of the molecule is C1=CNc2ccccc2N=C1.CN(C)CCCC1CCCc2c1ccc1c2C(C(=O)c2ccc(NC(=O)c3ccccc3-c3ccccc3CN)cc2)Cc2ccccc2-1. The number of nitrogens with two attached hydrogens (primary N) is 1. The van der Waals surface area contributed by atoms with Gasteiger partial charge in [0, 0.05) is 35.8 Å². The largest absolute Gasteiger partial charge is 0.360 e. The smallest absolute Gasteiger partial charge is 0.256 e. The number of anilines is 2. The summed E-state index contributed by atoms with van der Waals surface area (Å²) in [4.78, 5) is 34.6. The highest BCUT2D eigenvalue weighted by Crippen LogP contribution is 2.48. The number of aliphatic imine (C=N–C) groups is 1. The fraction of sp³-hybridized carbons (Fsp3) is 0.226. The quantitative estimate of drug-likeness (QED) is 0.120. The van der Waals surface area contributed by atoms with Crippen molar-refractivity contribution in [3.63, 3.8) is 0 Å². The van der Waals surface area contributed by atoms with Crippen molar-refractivity contribution in [1.29, 1.82) is 0 Å². The van der Waals surface area contributed by atoms with Crippen molar-refractivity contribution in [3.05, 3.63) is 185 Å². The van der Waals surface area contributed by atoms with Crippen LogP contribution in [0.25, 0.3) is 22.3 Å². The number of carbonyl (C=O) groups excluding carboxylic acids is 2. The predicted molar refractivity (Wildman–Crippen MR) is 248 cm³/mol. The molecule has 4 N–H and O–H groups in total. The van der Waals surface area contributed by atoms with E-state index in [1.54, 1.807) is 6.21 Å². The molecule has 0 radical (unpaired) electrons. The maximum atomic E-state index is 14.5. The highest BCUT2D eigenvalue weighted by molar-refractivity contribution is 6.09. The van der Waals surface area contributed by atoms with E-state index in [2.05, 4.69) is 71.0 Å². The summed E-state index contributed by atoms with van der Waals surface area (Å²) >= 11 is 0. The zero-order valence-electron chi connectivity index (χ0n) is 34.5. The fourth-order valence-electron chi connectivity index (χ4n) is 9.12. The van der Waals surface area contributed by atoms with Gasteiger partial charge in [-0.2, -0.15) is 0 Å². The van der Waals surface area contributed by atoms with Crippen LogP contribution in [0.4, 0.5) is 17.1 Å². The first-order chi connectivity index (χ1) is 29.4. The summed E-state index contributed by atoms with van der Waals surface area (Å²) in [5.41, 5.74) is 20.5.